The SMILES string of the molecule is CC1(C)C[C@@H]2CC[C@H](c3cccc(C(F)(F)F)n3)Nc3cccc(n3)S(=O)(=O)NC(=O)c3ccc(-c4cccc(F)n4)nc3N1C2. The number of rotatable bonds is 2. The van der Waals surface area contributed by atoms with Gasteiger partial charge in [-0.15, -0.1) is 0 Å². The number of aromatic nitrogens is 4. The summed E-state index contributed by atoms with van der Waals surface area (Å²) in [7, 11) is -4.51. The molecule has 1 fully saturated rings. The van der Waals surface area contributed by atoms with Gasteiger partial charge in [-0.1, -0.05) is 18.2 Å². The fraction of sp³-hybridized carbons (Fsp3) is 0.323. The predicted molar refractivity (Wildman–Crippen MR) is 161 cm³/mol. The molecule has 0 aromatic carbocycles. The molecule has 0 unspecified atom stereocenters. The number of nitrogens with zero attached hydrogens (tertiary/aromatic N) is 5. The molecule has 2 atom stereocenters. The highest BCUT2D eigenvalue weighted by Crippen LogP contribution is 2.41. The van der Waals surface area contributed by atoms with E-state index in [9.17, 15) is 30.8 Å². The molecule has 0 radical (unpaired) electrons. The smallest absolute Gasteiger partial charge is 0.362 e. The number of anilines is 2. The number of alkyl halides is 3. The van der Waals surface area contributed by atoms with Gasteiger partial charge in [0.1, 0.15) is 17.3 Å². The van der Waals surface area contributed by atoms with E-state index >= 15 is 0 Å². The zero-order chi connectivity index (χ0) is 32.9. The summed E-state index contributed by atoms with van der Waals surface area (Å²) in [6, 6.07) is 14.1. The average Bonchev–Trinajstić information content (AvgIpc) is 3.31. The maximum Gasteiger partial charge on any atom is 0.433 e. The van der Waals surface area contributed by atoms with E-state index in [1.807, 2.05) is 18.7 Å². The molecule has 6 rings (SSSR count). The molecule has 2 aliphatic heterocycles. The largest absolute Gasteiger partial charge is 0.433 e. The number of carbonyl (C=O) groups is 1. The molecular formula is C31H29F4N7O3S. The summed E-state index contributed by atoms with van der Waals surface area (Å²) in [5, 5.41) is 2.60. The number of fused-ring (bicyclic) bond motifs is 6. The van der Waals surface area contributed by atoms with Crippen molar-refractivity contribution in [3.8, 4) is 11.4 Å². The quantitative estimate of drug-likeness (QED) is 0.204. The molecule has 0 saturated carbocycles. The Kier molecular flexibility index (Phi) is 7.90. The van der Waals surface area contributed by atoms with Crippen molar-refractivity contribution in [1.29, 1.82) is 0 Å². The van der Waals surface area contributed by atoms with Gasteiger partial charge in [0.25, 0.3) is 15.9 Å². The van der Waals surface area contributed by atoms with Crippen molar-refractivity contribution < 1.29 is 30.8 Å². The van der Waals surface area contributed by atoms with E-state index in [2.05, 4.69) is 25.0 Å². The van der Waals surface area contributed by atoms with Crippen molar-refractivity contribution in [1.82, 2.24) is 24.7 Å². The maximum absolute atomic E-state index is 14.0. The number of hydrogen-bond donors (Lipinski definition) is 2. The summed E-state index contributed by atoms with van der Waals surface area (Å²) < 4.78 is 83.6. The minimum absolute atomic E-state index is 0.00640. The lowest BCUT2D eigenvalue weighted by Gasteiger charge is -2.34. The molecule has 1 amide bonds. The van der Waals surface area contributed by atoms with Crippen LogP contribution in [-0.2, 0) is 16.2 Å². The minimum atomic E-state index is -4.66. The summed E-state index contributed by atoms with van der Waals surface area (Å²) in [5.74, 6) is -1.38. The maximum atomic E-state index is 14.0. The van der Waals surface area contributed by atoms with Gasteiger partial charge in [0.05, 0.1) is 28.7 Å². The zero-order valence-corrected chi connectivity index (χ0v) is 25.5. The highest BCUT2D eigenvalue weighted by molar-refractivity contribution is 7.90. The van der Waals surface area contributed by atoms with Crippen LogP contribution in [0.5, 0.6) is 0 Å². The number of halogens is 4. The standard InChI is InChI=1S/C31H29F4N7O3S/c1-30(2)16-18-12-14-22(20-6-3-8-24(36-20)31(33,34)35)38-26-10-5-11-27(40-26)46(44,45)41-29(43)19-13-15-23(39-28(19)42(30)17-18)21-7-4-9-25(32)37-21/h3-11,13,15,18,22H,12,14,16-17H2,1-2H3,(H,38,40)(H,41,43)/t18-,22+/m0/s1. The molecule has 15 heteroatoms. The number of sulfonamides is 1. The molecule has 2 aliphatic rings. The van der Waals surface area contributed by atoms with Gasteiger partial charge in [-0.2, -0.15) is 26.0 Å². The minimum Gasteiger partial charge on any atom is -0.362 e. The van der Waals surface area contributed by atoms with Gasteiger partial charge >= 0.3 is 6.18 Å². The van der Waals surface area contributed by atoms with Crippen LogP contribution in [0.1, 0.15) is 60.9 Å². The summed E-state index contributed by atoms with van der Waals surface area (Å²) in [4.78, 5) is 32.2. The van der Waals surface area contributed by atoms with Crippen LogP contribution in [0.15, 0.2) is 71.8 Å². The zero-order valence-electron chi connectivity index (χ0n) is 24.7. The van der Waals surface area contributed by atoms with Gasteiger partial charge in [0, 0.05) is 12.1 Å². The Labute approximate surface area is 262 Å². The number of nitrogens with one attached hydrogen (secondary N) is 2. The molecule has 6 heterocycles. The molecule has 4 bridgehead atoms. The summed E-state index contributed by atoms with van der Waals surface area (Å²) in [5.41, 5.74) is -1.01. The van der Waals surface area contributed by atoms with Crippen molar-refractivity contribution in [2.75, 3.05) is 16.8 Å². The molecule has 240 valence electrons. The second kappa shape index (κ2) is 11.6. The Balaban J connectivity index is 1.46. The fourth-order valence-corrected chi connectivity index (χ4v) is 6.97. The molecular weight excluding hydrogens is 626 g/mol. The van der Waals surface area contributed by atoms with Crippen LogP contribution in [0, 0.1) is 11.9 Å². The van der Waals surface area contributed by atoms with Gasteiger partial charge < -0.3 is 10.2 Å². The molecule has 0 spiro atoms. The van der Waals surface area contributed by atoms with Crippen LogP contribution in [-0.4, -0.2) is 46.3 Å². The van der Waals surface area contributed by atoms with E-state index in [1.54, 1.807) is 6.07 Å². The molecule has 4 aromatic rings. The Morgan fingerprint density at radius 1 is 0.891 bits per heavy atom. The van der Waals surface area contributed by atoms with E-state index in [4.69, 9.17) is 4.98 Å². The molecule has 1 saturated heterocycles. The van der Waals surface area contributed by atoms with Crippen LogP contribution in [0.3, 0.4) is 0 Å². The third kappa shape index (κ3) is 6.36. The summed E-state index contributed by atoms with van der Waals surface area (Å²) in [6.45, 7) is 4.33. The van der Waals surface area contributed by atoms with Crippen molar-refractivity contribution in [3.63, 3.8) is 0 Å². The number of pyridine rings is 4. The fourth-order valence-electron chi connectivity index (χ4n) is 6.03. The van der Waals surface area contributed by atoms with Crippen LogP contribution in [0.25, 0.3) is 11.4 Å². The second-order valence-corrected chi connectivity index (χ2v) is 13.6. The first-order valence-electron chi connectivity index (χ1n) is 14.5. The third-order valence-electron chi connectivity index (χ3n) is 8.14. The predicted octanol–water partition coefficient (Wildman–Crippen LogP) is 5.76. The van der Waals surface area contributed by atoms with Gasteiger partial charge in [-0.25, -0.2) is 24.7 Å². The summed E-state index contributed by atoms with van der Waals surface area (Å²) in [6.07, 6.45) is -3.14. The molecule has 10 nitrogen and oxygen atoms in total. The van der Waals surface area contributed by atoms with Crippen molar-refractivity contribution in [3.05, 3.63) is 89.6 Å². The first kappa shape index (κ1) is 31.3. The lowest BCUT2D eigenvalue weighted by atomic mass is 9.91. The number of amides is 1. The van der Waals surface area contributed by atoms with Crippen LogP contribution in [0.2, 0.25) is 0 Å². The third-order valence-corrected chi connectivity index (χ3v) is 9.37. The van der Waals surface area contributed by atoms with E-state index in [-0.39, 0.29) is 40.2 Å². The Morgan fingerprint density at radius 2 is 1.63 bits per heavy atom. The van der Waals surface area contributed by atoms with Gasteiger partial charge in [0.15, 0.2) is 5.03 Å². The van der Waals surface area contributed by atoms with E-state index in [0.717, 1.165) is 6.07 Å². The van der Waals surface area contributed by atoms with Crippen LogP contribution >= 0.6 is 0 Å². The summed E-state index contributed by atoms with van der Waals surface area (Å²) >= 11 is 0. The molecule has 2 N–H and O–H groups in total. The highest BCUT2D eigenvalue weighted by Gasteiger charge is 2.41. The Bertz CT molecular complexity index is 1920. The Morgan fingerprint density at radius 3 is 2.39 bits per heavy atom. The highest BCUT2D eigenvalue weighted by atomic mass is 32.2. The number of carbonyl (C=O) groups excluding carboxylic acids is 1. The molecule has 46 heavy (non-hydrogen) atoms. The average molecular weight is 656 g/mol. The van der Waals surface area contributed by atoms with E-state index < -0.39 is 50.4 Å². The van der Waals surface area contributed by atoms with Crippen molar-refractivity contribution in [2.45, 2.75) is 55.9 Å². The van der Waals surface area contributed by atoms with E-state index in [1.165, 1.54) is 54.6 Å². The van der Waals surface area contributed by atoms with E-state index in [0.29, 0.717) is 25.8 Å². The first-order chi connectivity index (χ1) is 21.7. The lowest BCUT2D eigenvalue weighted by molar-refractivity contribution is -0.141. The monoisotopic (exact) mass is 655 g/mol. The van der Waals surface area contributed by atoms with Gasteiger partial charge in [-0.3, -0.25) is 4.79 Å². The van der Waals surface area contributed by atoms with Gasteiger partial charge in [0.2, 0.25) is 5.95 Å². The first-order valence-corrected chi connectivity index (χ1v) is 15.9. The number of hydrogen-bond acceptors (Lipinski definition) is 9. The van der Waals surface area contributed by atoms with Crippen LogP contribution < -0.4 is 14.9 Å². The normalized spacial score (nSPS) is 20.9. The van der Waals surface area contributed by atoms with Crippen molar-refractivity contribution >= 4 is 27.6 Å². The second-order valence-electron chi connectivity index (χ2n) is 11.9. The molecule has 0 aliphatic carbocycles. The lowest BCUT2D eigenvalue weighted by Crippen LogP contribution is -2.41. The topological polar surface area (TPSA) is 130 Å². The molecule has 4 aromatic heterocycles. The Hall–Kier alpha value is -4.66. The van der Waals surface area contributed by atoms with Crippen LogP contribution in [0.4, 0.5) is 29.2 Å². The van der Waals surface area contributed by atoms with Crippen molar-refractivity contribution in [2.24, 2.45) is 5.92 Å². The van der Waals surface area contributed by atoms with Gasteiger partial charge in [-0.05, 0) is 87.6 Å².